The van der Waals surface area contributed by atoms with E-state index in [4.69, 9.17) is 23.2 Å². The van der Waals surface area contributed by atoms with E-state index in [1.54, 1.807) is 18.2 Å². The van der Waals surface area contributed by atoms with Gasteiger partial charge in [0.15, 0.2) is 0 Å². The fourth-order valence-corrected chi connectivity index (χ4v) is 3.73. The number of para-hydroxylation sites is 1. The summed E-state index contributed by atoms with van der Waals surface area (Å²) in [6, 6.07) is 14.3. The Morgan fingerprint density at radius 2 is 1.70 bits per heavy atom. The first-order valence-corrected chi connectivity index (χ1v) is 9.59. The topological polar surface area (TPSA) is 61.4 Å². The Morgan fingerprint density at radius 1 is 1.00 bits per heavy atom. The molecule has 0 aromatic heterocycles. The van der Waals surface area contributed by atoms with Crippen LogP contribution in [-0.2, 0) is 9.59 Å². The number of nitrogens with one attached hydrogen (secondary N) is 2. The van der Waals surface area contributed by atoms with Crippen LogP contribution in [0.25, 0.3) is 0 Å². The highest BCUT2D eigenvalue weighted by Gasteiger charge is 2.27. The molecule has 1 atom stereocenters. The SMILES string of the molecule is O=C(CN1CCC[C@@H](C(=O)Nc2ccccc2)C1)Nc1cc(Cl)cc(Cl)c1. The van der Waals surface area contributed by atoms with Gasteiger partial charge < -0.3 is 10.6 Å². The average Bonchev–Trinajstić information content (AvgIpc) is 2.61. The Balaban J connectivity index is 1.53. The maximum atomic E-state index is 12.5. The Hall–Kier alpha value is -2.08. The molecule has 1 fully saturated rings. The smallest absolute Gasteiger partial charge is 0.238 e. The van der Waals surface area contributed by atoms with Crippen molar-refractivity contribution in [3.05, 3.63) is 58.6 Å². The molecule has 0 saturated carbocycles. The Labute approximate surface area is 168 Å². The average molecular weight is 406 g/mol. The predicted octanol–water partition coefficient (Wildman–Crippen LogP) is 4.28. The van der Waals surface area contributed by atoms with Crippen molar-refractivity contribution in [3.8, 4) is 0 Å². The monoisotopic (exact) mass is 405 g/mol. The molecule has 2 aromatic carbocycles. The van der Waals surface area contributed by atoms with E-state index in [0.717, 1.165) is 25.1 Å². The standard InChI is InChI=1S/C20H21Cl2N3O2/c21-15-9-16(22)11-18(10-15)23-19(26)13-25-8-4-5-14(12-25)20(27)24-17-6-2-1-3-7-17/h1-3,6-7,9-11,14H,4-5,8,12-13H2,(H,23,26)(H,24,27)/t14-/m1/s1. The highest BCUT2D eigenvalue weighted by Crippen LogP contribution is 2.23. The van der Waals surface area contributed by atoms with Crippen molar-refractivity contribution in [2.75, 3.05) is 30.3 Å². The van der Waals surface area contributed by atoms with Crippen LogP contribution >= 0.6 is 23.2 Å². The fraction of sp³-hybridized carbons (Fsp3) is 0.300. The minimum atomic E-state index is -0.155. The number of likely N-dealkylation sites (tertiary alicyclic amines) is 1. The molecular formula is C20H21Cl2N3O2. The minimum Gasteiger partial charge on any atom is -0.326 e. The number of rotatable bonds is 5. The molecule has 0 unspecified atom stereocenters. The van der Waals surface area contributed by atoms with Crippen LogP contribution in [0.5, 0.6) is 0 Å². The van der Waals surface area contributed by atoms with E-state index in [0.29, 0.717) is 22.3 Å². The van der Waals surface area contributed by atoms with E-state index < -0.39 is 0 Å². The van der Waals surface area contributed by atoms with Gasteiger partial charge in [-0.2, -0.15) is 0 Å². The molecule has 2 N–H and O–H groups in total. The van der Waals surface area contributed by atoms with Crippen LogP contribution in [0, 0.1) is 5.92 Å². The zero-order chi connectivity index (χ0) is 19.2. The summed E-state index contributed by atoms with van der Waals surface area (Å²) in [5.74, 6) is -0.294. The maximum absolute atomic E-state index is 12.5. The minimum absolute atomic E-state index is 0.00655. The number of carbonyl (C=O) groups excluding carboxylic acids is 2. The quantitative estimate of drug-likeness (QED) is 0.779. The van der Waals surface area contributed by atoms with Crippen LogP contribution in [0.15, 0.2) is 48.5 Å². The van der Waals surface area contributed by atoms with Crippen LogP contribution in [0.3, 0.4) is 0 Å². The second-order valence-electron chi connectivity index (χ2n) is 6.64. The van der Waals surface area contributed by atoms with Crippen LogP contribution in [0.1, 0.15) is 12.8 Å². The van der Waals surface area contributed by atoms with Gasteiger partial charge >= 0.3 is 0 Å². The molecule has 5 nitrogen and oxygen atoms in total. The van der Waals surface area contributed by atoms with Crippen molar-refractivity contribution in [1.82, 2.24) is 4.90 Å². The largest absolute Gasteiger partial charge is 0.326 e. The predicted molar refractivity (Wildman–Crippen MR) is 109 cm³/mol. The first-order chi connectivity index (χ1) is 13.0. The lowest BCUT2D eigenvalue weighted by Crippen LogP contribution is -2.43. The zero-order valence-corrected chi connectivity index (χ0v) is 16.3. The molecule has 1 aliphatic rings. The normalized spacial score (nSPS) is 17.3. The van der Waals surface area contributed by atoms with E-state index in [1.165, 1.54) is 0 Å². The van der Waals surface area contributed by atoms with Crippen molar-refractivity contribution >= 4 is 46.4 Å². The molecule has 0 radical (unpaired) electrons. The molecule has 3 rings (SSSR count). The summed E-state index contributed by atoms with van der Waals surface area (Å²) in [4.78, 5) is 26.8. The molecule has 27 heavy (non-hydrogen) atoms. The molecule has 1 saturated heterocycles. The van der Waals surface area contributed by atoms with Gasteiger partial charge in [-0.25, -0.2) is 0 Å². The number of piperidine rings is 1. The van der Waals surface area contributed by atoms with Gasteiger partial charge in [0, 0.05) is 28.0 Å². The number of amides is 2. The second kappa shape index (κ2) is 9.22. The van der Waals surface area contributed by atoms with E-state index in [2.05, 4.69) is 10.6 Å². The third-order valence-corrected chi connectivity index (χ3v) is 4.87. The summed E-state index contributed by atoms with van der Waals surface area (Å²) < 4.78 is 0. The third-order valence-electron chi connectivity index (χ3n) is 4.43. The number of hydrogen-bond donors (Lipinski definition) is 2. The Morgan fingerprint density at radius 3 is 2.41 bits per heavy atom. The van der Waals surface area contributed by atoms with Crippen LogP contribution in [0.4, 0.5) is 11.4 Å². The molecule has 2 amide bonds. The molecule has 0 spiro atoms. The summed E-state index contributed by atoms with van der Waals surface area (Å²) >= 11 is 11.9. The summed E-state index contributed by atoms with van der Waals surface area (Å²) in [7, 11) is 0. The van der Waals surface area contributed by atoms with E-state index in [1.807, 2.05) is 35.2 Å². The highest BCUT2D eigenvalue weighted by atomic mass is 35.5. The van der Waals surface area contributed by atoms with E-state index in [9.17, 15) is 9.59 Å². The molecule has 142 valence electrons. The molecule has 2 aromatic rings. The zero-order valence-electron chi connectivity index (χ0n) is 14.8. The van der Waals surface area contributed by atoms with Gasteiger partial charge in [-0.05, 0) is 49.7 Å². The summed E-state index contributed by atoms with van der Waals surface area (Å²) in [5.41, 5.74) is 1.35. The van der Waals surface area contributed by atoms with Gasteiger partial charge in [0.2, 0.25) is 11.8 Å². The molecular weight excluding hydrogens is 385 g/mol. The van der Waals surface area contributed by atoms with Crippen molar-refractivity contribution in [2.24, 2.45) is 5.92 Å². The van der Waals surface area contributed by atoms with Gasteiger partial charge in [0.05, 0.1) is 12.5 Å². The Bertz CT molecular complexity index is 794. The van der Waals surface area contributed by atoms with E-state index in [-0.39, 0.29) is 24.3 Å². The summed E-state index contributed by atoms with van der Waals surface area (Å²) in [6.45, 7) is 1.57. The number of nitrogens with zero attached hydrogens (tertiary/aromatic N) is 1. The maximum Gasteiger partial charge on any atom is 0.238 e. The lowest BCUT2D eigenvalue weighted by atomic mass is 9.97. The van der Waals surface area contributed by atoms with Gasteiger partial charge in [0.1, 0.15) is 0 Å². The van der Waals surface area contributed by atoms with Gasteiger partial charge in [-0.1, -0.05) is 41.4 Å². The second-order valence-corrected chi connectivity index (χ2v) is 7.51. The molecule has 1 aliphatic heterocycles. The molecule has 0 bridgehead atoms. The lowest BCUT2D eigenvalue weighted by Gasteiger charge is -2.31. The van der Waals surface area contributed by atoms with Crippen molar-refractivity contribution in [3.63, 3.8) is 0 Å². The first kappa shape index (κ1) is 19.7. The molecule has 0 aliphatic carbocycles. The number of hydrogen-bond acceptors (Lipinski definition) is 3. The van der Waals surface area contributed by atoms with E-state index >= 15 is 0 Å². The third kappa shape index (κ3) is 5.96. The Kier molecular flexibility index (Phi) is 6.72. The number of halogens is 2. The lowest BCUT2D eigenvalue weighted by molar-refractivity contribution is -0.123. The van der Waals surface area contributed by atoms with Gasteiger partial charge in [-0.15, -0.1) is 0 Å². The van der Waals surface area contributed by atoms with Crippen molar-refractivity contribution in [2.45, 2.75) is 12.8 Å². The first-order valence-electron chi connectivity index (χ1n) is 8.84. The number of carbonyl (C=O) groups is 2. The summed E-state index contributed by atoms with van der Waals surface area (Å²) in [5, 5.41) is 6.68. The van der Waals surface area contributed by atoms with Gasteiger partial charge in [-0.3, -0.25) is 14.5 Å². The number of anilines is 2. The fourth-order valence-electron chi connectivity index (χ4n) is 3.21. The van der Waals surface area contributed by atoms with Crippen LogP contribution < -0.4 is 10.6 Å². The van der Waals surface area contributed by atoms with Gasteiger partial charge in [0.25, 0.3) is 0 Å². The van der Waals surface area contributed by atoms with Crippen LogP contribution in [-0.4, -0.2) is 36.3 Å². The van der Waals surface area contributed by atoms with Crippen molar-refractivity contribution in [1.29, 1.82) is 0 Å². The summed E-state index contributed by atoms with van der Waals surface area (Å²) in [6.07, 6.45) is 1.70. The van der Waals surface area contributed by atoms with Crippen molar-refractivity contribution < 1.29 is 9.59 Å². The number of benzene rings is 2. The molecule has 7 heteroatoms. The molecule has 1 heterocycles. The van der Waals surface area contributed by atoms with Crippen LogP contribution in [0.2, 0.25) is 10.0 Å². The highest BCUT2D eigenvalue weighted by molar-refractivity contribution is 6.35.